The molecule has 0 aromatic heterocycles. The van der Waals surface area contributed by atoms with Gasteiger partial charge in [0.2, 0.25) is 0 Å². The first-order valence-electron chi connectivity index (χ1n) is 11.2. The molecule has 172 valence electrons. The molecule has 1 aliphatic heterocycles. The van der Waals surface area contributed by atoms with Crippen molar-refractivity contribution < 1.29 is 22.3 Å². The first-order chi connectivity index (χ1) is 15.9. The van der Waals surface area contributed by atoms with Crippen molar-refractivity contribution in [2.24, 2.45) is 0 Å². The average Bonchev–Trinajstić information content (AvgIpc) is 2.84. The Labute approximate surface area is 191 Å². The molecule has 0 spiro atoms. The lowest BCUT2D eigenvalue weighted by atomic mass is 9.89. The smallest absolute Gasteiger partial charge is 0.167 e. The molecule has 1 aliphatic rings. The fourth-order valence-corrected chi connectivity index (χ4v) is 4.41. The van der Waals surface area contributed by atoms with Crippen LogP contribution < -0.4 is 0 Å². The Bertz CT molecular complexity index is 1150. The number of rotatable bonds is 6. The topological polar surface area (TPSA) is 9.23 Å². The van der Waals surface area contributed by atoms with Crippen molar-refractivity contribution in [1.29, 1.82) is 0 Å². The van der Waals surface area contributed by atoms with Crippen LogP contribution in [0.5, 0.6) is 0 Å². The predicted molar refractivity (Wildman–Crippen MR) is 123 cm³/mol. The van der Waals surface area contributed by atoms with Gasteiger partial charge in [-0.3, -0.25) is 0 Å². The molecular weight excluding hydrogens is 428 g/mol. The van der Waals surface area contributed by atoms with Crippen LogP contribution in [0.4, 0.5) is 17.6 Å². The molecule has 0 N–H and O–H groups in total. The van der Waals surface area contributed by atoms with Crippen molar-refractivity contribution in [3.63, 3.8) is 0 Å². The van der Waals surface area contributed by atoms with Crippen molar-refractivity contribution >= 4 is 0 Å². The second-order valence-electron chi connectivity index (χ2n) is 8.45. The zero-order valence-corrected chi connectivity index (χ0v) is 18.5. The highest BCUT2D eigenvalue weighted by atomic mass is 19.2. The van der Waals surface area contributed by atoms with Crippen LogP contribution in [0.15, 0.2) is 61.2 Å². The van der Waals surface area contributed by atoms with Gasteiger partial charge in [0.1, 0.15) is 0 Å². The normalized spacial score (nSPS) is 18.3. The third-order valence-corrected chi connectivity index (χ3v) is 6.30. The van der Waals surface area contributed by atoms with E-state index in [0.29, 0.717) is 18.4 Å². The molecule has 0 radical (unpaired) electrons. The van der Waals surface area contributed by atoms with E-state index in [1.807, 2.05) is 12.1 Å². The van der Waals surface area contributed by atoms with Gasteiger partial charge in [-0.15, -0.1) is 6.58 Å². The minimum absolute atomic E-state index is 0.0768. The van der Waals surface area contributed by atoms with Gasteiger partial charge in [0.25, 0.3) is 0 Å². The second kappa shape index (κ2) is 9.92. The Morgan fingerprint density at radius 2 is 1.42 bits per heavy atom. The molecule has 0 aliphatic carbocycles. The van der Waals surface area contributed by atoms with E-state index >= 15 is 0 Å². The van der Waals surface area contributed by atoms with Crippen LogP contribution in [0.2, 0.25) is 0 Å². The van der Waals surface area contributed by atoms with Gasteiger partial charge < -0.3 is 4.74 Å². The summed E-state index contributed by atoms with van der Waals surface area (Å²) in [6.07, 6.45) is 4.78. The summed E-state index contributed by atoms with van der Waals surface area (Å²) in [4.78, 5) is 0. The summed E-state index contributed by atoms with van der Waals surface area (Å²) in [6.45, 7) is 6.00. The number of halogens is 4. The molecule has 1 nitrogen and oxygen atoms in total. The molecule has 1 heterocycles. The first-order valence-corrected chi connectivity index (χ1v) is 11.2. The van der Waals surface area contributed by atoms with E-state index in [2.05, 4.69) is 13.5 Å². The summed E-state index contributed by atoms with van der Waals surface area (Å²) in [7, 11) is 0. The van der Waals surface area contributed by atoms with E-state index in [1.54, 1.807) is 18.2 Å². The standard InChI is InChI=1S/C28H26F4O/c1-3-5-17-6-8-18(9-7-17)21-12-14-23(27(31)25(21)29)24-15-13-22(26(30)28(24)32)19-10-11-20(4-2)33-16-19/h4,6-9,12-15,19-20H,2-3,5,10-11,16H2,1H3. The zero-order chi connectivity index (χ0) is 23.5. The minimum atomic E-state index is -1.20. The summed E-state index contributed by atoms with van der Waals surface area (Å²) < 4.78 is 65.4. The van der Waals surface area contributed by atoms with Gasteiger partial charge in [-0.2, -0.15) is 0 Å². The fourth-order valence-electron chi connectivity index (χ4n) is 4.41. The largest absolute Gasteiger partial charge is 0.374 e. The lowest BCUT2D eigenvalue weighted by Gasteiger charge is -2.28. The highest BCUT2D eigenvalue weighted by molar-refractivity contribution is 5.72. The Morgan fingerprint density at radius 3 is 2.03 bits per heavy atom. The zero-order valence-electron chi connectivity index (χ0n) is 18.5. The van der Waals surface area contributed by atoms with E-state index in [-0.39, 0.29) is 40.9 Å². The maximum Gasteiger partial charge on any atom is 0.167 e. The number of hydrogen-bond acceptors (Lipinski definition) is 1. The van der Waals surface area contributed by atoms with E-state index < -0.39 is 23.3 Å². The third kappa shape index (κ3) is 4.60. The van der Waals surface area contributed by atoms with Gasteiger partial charge >= 0.3 is 0 Å². The van der Waals surface area contributed by atoms with Gasteiger partial charge in [0, 0.05) is 22.6 Å². The highest BCUT2D eigenvalue weighted by Crippen LogP contribution is 2.37. The first kappa shape index (κ1) is 23.2. The van der Waals surface area contributed by atoms with Crippen molar-refractivity contribution in [2.45, 2.75) is 44.6 Å². The predicted octanol–water partition coefficient (Wildman–Crippen LogP) is 7.98. The summed E-state index contributed by atoms with van der Waals surface area (Å²) in [5.74, 6) is -4.83. The second-order valence-corrected chi connectivity index (χ2v) is 8.45. The molecule has 2 unspecified atom stereocenters. The van der Waals surface area contributed by atoms with E-state index in [9.17, 15) is 17.6 Å². The number of aryl methyl sites for hydroxylation is 1. The van der Waals surface area contributed by atoms with Crippen LogP contribution in [0.25, 0.3) is 22.3 Å². The van der Waals surface area contributed by atoms with Crippen molar-refractivity contribution in [3.8, 4) is 22.3 Å². The van der Waals surface area contributed by atoms with Crippen LogP contribution in [0.1, 0.15) is 43.2 Å². The minimum Gasteiger partial charge on any atom is -0.374 e. The lowest BCUT2D eigenvalue weighted by Crippen LogP contribution is -2.23. The molecule has 0 saturated carbocycles. The number of ether oxygens (including phenoxy) is 1. The SMILES string of the molecule is C=CC1CCC(c2ccc(-c3ccc(-c4ccc(CCC)cc4)c(F)c3F)c(F)c2F)CO1. The Kier molecular flexibility index (Phi) is 6.99. The van der Waals surface area contributed by atoms with Crippen molar-refractivity contribution in [1.82, 2.24) is 0 Å². The van der Waals surface area contributed by atoms with Crippen molar-refractivity contribution in [3.05, 3.63) is 95.6 Å². The summed E-state index contributed by atoms with van der Waals surface area (Å²) in [5.41, 5.74) is 1.28. The van der Waals surface area contributed by atoms with Gasteiger partial charge in [-0.25, -0.2) is 17.6 Å². The Morgan fingerprint density at radius 1 is 0.818 bits per heavy atom. The monoisotopic (exact) mass is 454 g/mol. The van der Waals surface area contributed by atoms with E-state index in [4.69, 9.17) is 4.74 Å². The molecule has 0 amide bonds. The van der Waals surface area contributed by atoms with Gasteiger partial charge in [0.05, 0.1) is 12.7 Å². The Balaban J connectivity index is 1.64. The maximum atomic E-state index is 15.0. The van der Waals surface area contributed by atoms with Crippen molar-refractivity contribution in [2.75, 3.05) is 6.61 Å². The molecule has 2 atom stereocenters. The molecule has 1 saturated heterocycles. The Hall–Kier alpha value is -2.92. The van der Waals surface area contributed by atoms with E-state index in [1.165, 1.54) is 24.3 Å². The van der Waals surface area contributed by atoms with Gasteiger partial charge in [-0.05, 0) is 36.0 Å². The molecule has 1 fully saturated rings. The number of benzene rings is 3. The summed E-state index contributed by atoms with van der Waals surface area (Å²) >= 11 is 0. The molecule has 0 bridgehead atoms. The molecule has 33 heavy (non-hydrogen) atoms. The number of hydrogen-bond donors (Lipinski definition) is 0. The van der Waals surface area contributed by atoms with Gasteiger partial charge in [0.15, 0.2) is 23.3 Å². The van der Waals surface area contributed by atoms with Crippen LogP contribution in [-0.2, 0) is 11.2 Å². The van der Waals surface area contributed by atoms with Crippen LogP contribution in [0.3, 0.4) is 0 Å². The molecule has 5 heteroatoms. The summed E-state index contributed by atoms with van der Waals surface area (Å²) in [5, 5.41) is 0. The average molecular weight is 455 g/mol. The van der Waals surface area contributed by atoms with Crippen LogP contribution >= 0.6 is 0 Å². The van der Waals surface area contributed by atoms with Crippen LogP contribution in [-0.4, -0.2) is 12.7 Å². The maximum absolute atomic E-state index is 15.0. The lowest BCUT2D eigenvalue weighted by molar-refractivity contribution is 0.0320. The highest BCUT2D eigenvalue weighted by Gasteiger charge is 2.27. The fraction of sp³-hybridized carbons (Fsp3) is 0.286. The van der Waals surface area contributed by atoms with Crippen LogP contribution in [0, 0.1) is 23.3 Å². The third-order valence-electron chi connectivity index (χ3n) is 6.30. The summed E-state index contributed by atoms with van der Waals surface area (Å²) in [6, 6.07) is 12.7. The van der Waals surface area contributed by atoms with Gasteiger partial charge in [-0.1, -0.05) is 68.0 Å². The molecule has 3 aromatic carbocycles. The van der Waals surface area contributed by atoms with E-state index in [0.717, 1.165) is 18.4 Å². The quantitative estimate of drug-likeness (QED) is 0.271. The molecule has 3 aromatic rings. The molecule has 4 rings (SSSR count). The molecular formula is C28H26F4O.